The lowest BCUT2D eigenvalue weighted by Crippen LogP contribution is -2.31. The number of rotatable bonds is 8. The summed E-state index contributed by atoms with van der Waals surface area (Å²) >= 11 is 0. The predicted molar refractivity (Wildman–Crippen MR) is 105 cm³/mol. The third kappa shape index (κ3) is 4.81. The van der Waals surface area contributed by atoms with Crippen molar-refractivity contribution in [2.45, 2.75) is 13.1 Å². The van der Waals surface area contributed by atoms with Crippen LogP contribution in [0.15, 0.2) is 72.9 Å². The highest BCUT2D eigenvalue weighted by molar-refractivity contribution is 5.36. The molecule has 0 radical (unpaired) electrons. The summed E-state index contributed by atoms with van der Waals surface area (Å²) in [5.41, 5.74) is 2.97. The van der Waals surface area contributed by atoms with Gasteiger partial charge >= 0.3 is 0 Å². The molecule has 0 unspecified atom stereocenters. The zero-order chi connectivity index (χ0) is 18.4. The second kappa shape index (κ2) is 8.79. The van der Waals surface area contributed by atoms with Crippen LogP contribution in [0, 0.1) is 5.82 Å². The van der Waals surface area contributed by atoms with Crippen LogP contribution in [-0.4, -0.2) is 41.6 Å². The molecule has 1 aromatic heterocycles. The van der Waals surface area contributed by atoms with Gasteiger partial charge in [-0.05, 0) is 43.9 Å². The SMILES string of the molecule is CN(C)CCN(Cc1ccccc1)Cc1cccn1-c1ccccc1F. The summed E-state index contributed by atoms with van der Waals surface area (Å²) in [6.45, 7) is 3.57. The van der Waals surface area contributed by atoms with Crippen LogP contribution in [-0.2, 0) is 13.1 Å². The molecule has 4 heteroatoms. The first-order valence-corrected chi connectivity index (χ1v) is 8.95. The van der Waals surface area contributed by atoms with Gasteiger partial charge in [-0.15, -0.1) is 0 Å². The van der Waals surface area contributed by atoms with Gasteiger partial charge in [0, 0.05) is 38.1 Å². The van der Waals surface area contributed by atoms with Gasteiger partial charge in [0.1, 0.15) is 5.82 Å². The molecule has 136 valence electrons. The molecule has 3 rings (SSSR count). The van der Waals surface area contributed by atoms with Crippen molar-refractivity contribution in [2.24, 2.45) is 0 Å². The Morgan fingerprint density at radius 3 is 2.27 bits per heavy atom. The second-order valence-corrected chi connectivity index (χ2v) is 6.82. The van der Waals surface area contributed by atoms with E-state index < -0.39 is 0 Å². The largest absolute Gasteiger partial charge is 0.317 e. The Bertz CT molecular complexity index is 811. The third-order valence-corrected chi connectivity index (χ3v) is 4.44. The minimum Gasteiger partial charge on any atom is -0.317 e. The first-order valence-electron chi connectivity index (χ1n) is 8.95. The highest BCUT2D eigenvalue weighted by atomic mass is 19.1. The van der Waals surface area contributed by atoms with Crippen LogP contribution in [0.2, 0.25) is 0 Å². The van der Waals surface area contributed by atoms with Crippen LogP contribution >= 0.6 is 0 Å². The molecule has 1 heterocycles. The van der Waals surface area contributed by atoms with E-state index in [4.69, 9.17) is 0 Å². The topological polar surface area (TPSA) is 11.4 Å². The Morgan fingerprint density at radius 1 is 0.808 bits per heavy atom. The van der Waals surface area contributed by atoms with Crippen molar-refractivity contribution in [2.75, 3.05) is 27.2 Å². The highest BCUT2D eigenvalue weighted by Gasteiger charge is 2.13. The minimum atomic E-state index is -0.201. The molecule has 0 saturated heterocycles. The Labute approximate surface area is 155 Å². The molecular formula is C22H26FN3. The van der Waals surface area contributed by atoms with E-state index >= 15 is 0 Å². The summed E-state index contributed by atoms with van der Waals surface area (Å²) in [5, 5.41) is 0. The molecule has 0 bridgehead atoms. The molecule has 0 N–H and O–H groups in total. The van der Waals surface area contributed by atoms with Crippen LogP contribution in [0.1, 0.15) is 11.3 Å². The van der Waals surface area contributed by atoms with Gasteiger partial charge in [-0.25, -0.2) is 4.39 Å². The molecule has 0 aliphatic heterocycles. The van der Waals surface area contributed by atoms with Crippen molar-refractivity contribution in [3.63, 3.8) is 0 Å². The number of hydrogen-bond acceptors (Lipinski definition) is 2. The standard InChI is InChI=1S/C22H26FN3/c1-24(2)15-16-25(17-19-9-4-3-5-10-19)18-20-11-8-14-26(20)22-13-7-6-12-21(22)23/h3-14H,15-18H2,1-2H3. The molecule has 0 aliphatic carbocycles. The number of likely N-dealkylation sites (N-methyl/N-ethyl adjacent to an activating group) is 1. The summed E-state index contributed by atoms with van der Waals surface area (Å²) in [7, 11) is 4.17. The molecule has 0 fully saturated rings. The fourth-order valence-electron chi connectivity index (χ4n) is 3.05. The molecule has 0 atom stereocenters. The Hall–Kier alpha value is -2.43. The smallest absolute Gasteiger partial charge is 0.147 e. The maximum Gasteiger partial charge on any atom is 0.147 e. The van der Waals surface area contributed by atoms with E-state index in [-0.39, 0.29) is 5.82 Å². The molecule has 0 spiro atoms. The van der Waals surface area contributed by atoms with Crippen molar-refractivity contribution in [1.82, 2.24) is 14.4 Å². The van der Waals surface area contributed by atoms with E-state index in [0.29, 0.717) is 5.69 Å². The summed E-state index contributed by atoms with van der Waals surface area (Å²) in [6, 6.07) is 21.5. The van der Waals surface area contributed by atoms with Crippen molar-refractivity contribution in [3.8, 4) is 5.69 Å². The zero-order valence-electron chi connectivity index (χ0n) is 15.5. The van der Waals surface area contributed by atoms with Gasteiger partial charge in [0.2, 0.25) is 0 Å². The number of halogens is 1. The van der Waals surface area contributed by atoms with Gasteiger partial charge in [0.25, 0.3) is 0 Å². The minimum absolute atomic E-state index is 0.201. The number of hydrogen-bond donors (Lipinski definition) is 0. The van der Waals surface area contributed by atoms with E-state index in [1.807, 2.05) is 35.0 Å². The lowest BCUT2D eigenvalue weighted by molar-refractivity contribution is 0.223. The number of nitrogens with zero attached hydrogens (tertiary/aromatic N) is 3. The number of para-hydroxylation sites is 1. The zero-order valence-corrected chi connectivity index (χ0v) is 15.5. The maximum absolute atomic E-state index is 14.2. The van der Waals surface area contributed by atoms with Gasteiger partial charge in [-0.1, -0.05) is 42.5 Å². The van der Waals surface area contributed by atoms with Crippen LogP contribution in [0.3, 0.4) is 0 Å². The Balaban J connectivity index is 1.81. The summed E-state index contributed by atoms with van der Waals surface area (Å²) in [6.07, 6.45) is 1.93. The maximum atomic E-state index is 14.2. The van der Waals surface area contributed by atoms with E-state index in [9.17, 15) is 4.39 Å². The molecule has 3 nitrogen and oxygen atoms in total. The fraction of sp³-hybridized carbons (Fsp3) is 0.273. The quantitative estimate of drug-likeness (QED) is 0.603. The normalized spacial score (nSPS) is 11.4. The van der Waals surface area contributed by atoms with Gasteiger partial charge in [0.15, 0.2) is 0 Å². The third-order valence-electron chi connectivity index (χ3n) is 4.44. The first-order chi connectivity index (χ1) is 12.6. The van der Waals surface area contributed by atoms with Crippen molar-refractivity contribution >= 4 is 0 Å². The van der Waals surface area contributed by atoms with Gasteiger partial charge in [-0.3, -0.25) is 4.90 Å². The lowest BCUT2D eigenvalue weighted by Gasteiger charge is -2.25. The van der Waals surface area contributed by atoms with Crippen molar-refractivity contribution in [3.05, 3.63) is 90.0 Å². The van der Waals surface area contributed by atoms with E-state index in [1.54, 1.807) is 6.07 Å². The molecule has 3 aromatic rings. The van der Waals surface area contributed by atoms with Crippen molar-refractivity contribution < 1.29 is 4.39 Å². The molecule has 0 aliphatic rings. The lowest BCUT2D eigenvalue weighted by atomic mass is 10.2. The van der Waals surface area contributed by atoms with Gasteiger partial charge in [-0.2, -0.15) is 0 Å². The second-order valence-electron chi connectivity index (χ2n) is 6.82. The average Bonchev–Trinajstić information content (AvgIpc) is 3.09. The molecule has 0 amide bonds. The van der Waals surface area contributed by atoms with Crippen LogP contribution in [0.4, 0.5) is 4.39 Å². The summed E-state index contributed by atoms with van der Waals surface area (Å²) < 4.78 is 16.2. The van der Waals surface area contributed by atoms with Crippen LogP contribution < -0.4 is 0 Å². The Kier molecular flexibility index (Phi) is 6.21. The summed E-state index contributed by atoms with van der Waals surface area (Å²) in [5.74, 6) is -0.201. The highest BCUT2D eigenvalue weighted by Crippen LogP contribution is 2.18. The van der Waals surface area contributed by atoms with Gasteiger partial charge < -0.3 is 9.47 Å². The first kappa shape index (κ1) is 18.4. The molecular weight excluding hydrogens is 325 g/mol. The monoisotopic (exact) mass is 351 g/mol. The van der Waals surface area contributed by atoms with Crippen molar-refractivity contribution in [1.29, 1.82) is 0 Å². The number of aromatic nitrogens is 1. The van der Waals surface area contributed by atoms with E-state index in [1.165, 1.54) is 11.6 Å². The molecule has 0 saturated carbocycles. The molecule has 2 aromatic carbocycles. The average molecular weight is 351 g/mol. The Morgan fingerprint density at radius 2 is 1.54 bits per heavy atom. The molecule has 26 heavy (non-hydrogen) atoms. The van der Waals surface area contributed by atoms with E-state index in [2.05, 4.69) is 54.2 Å². The van der Waals surface area contributed by atoms with Crippen LogP contribution in [0.25, 0.3) is 5.69 Å². The van der Waals surface area contributed by atoms with Crippen LogP contribution in [0.5, 0.6) is 0 Å². The predicted octanol–water partition coefficient (Wildman–Crippen LogP) is 4.18. The fourth-order valence-corrected chi connectivity index (χ4v) is 3.05. The summed E-state index contributed by atoms with van der Waals surface area (Å²) in [4.78, 5) is 4.59. The van der Waals surface area contributed by atoms with E-state index in [0.717, 1.165) is 31.9 Å². The number of benzene rings is 2. The van der Waals surface area contributed by atoms with Gasteiger partial charge in [0.05, 0.1) is 5.69 Å².